The lowest BCUT2D eigenvalue weighted by atomic mass is 10.1. The van der Waals surface area contributed by atoms with Crippen molar-refractivity contribution in [3.05, 3.63) is 65.8 Å². The van der Waals surface area contributed by atoms with Crippen LogP contribution in [0.5, 0.6) is 5.75 Å². The zero-order valence-electron chi connectivity index (χ0n) is 15.0. The van der Waals surface area contributed by atoms with Gasteiger partial charge in [-0.3, -0.25) is 4.79 Å². The summed E-state index contributed by atoms with van der Waals surface area (Å²) in [4.78, 5) is 16.1. The molecule has 0 fully saturated rings. The minimum absolute atomic E-state index is 0.0867. The van der Waals surface area contributed by atoms with E-state index in [1.54, 1.807) is 26.0 Å². The molecular weight excluding hydrogens is 351 g/mol. The molecule has 1 heterocycles. The van der Waals surface area contributed by atoms with Crippen LogP contribution in [0.1, 0.15) is 30.9 Å². The molecular formula is C20H19FN2O4. The van der Waals surface area contributed by atoms with Crippen molar-refractivity contribution in [1.82, 2.24) is 10.1 Å². The number of halogens is 1. The first-order valence-electron chi connectivity index (χ1n) is 8.50. The number of hydrogen-bond acceptors (Lipinski definition) is 6. The second kappa shape index (κ2) is 8.44. The number of hydrogen-bond donors (Lipinski definition) is 0. The highest BCUT2D eigenvalue weighted by Crippen LogP contribution is 2.22. The van der Waals surface area contributed by atoms with E-state index >= 15 is 0 Å². The van der Waals surface area contributed by atoms with Gasteiger partial charge in [0.1, 0.15) is 11.6 Å². The van der Waals surface area contributed by atoms with Gasteiger partial charge in [0.25, 0.3) is 5.89 Å². The van der Waals surface area contributed by atoms with Gasteiger partial charge >= 0.3 is 5.97 Å². The van der Waals surface area contributed by atoms with Gasteiger partial charge in [-0.05, 0) is 37.6 Å². The highest BCUT2D eigenvalue weighted by Gasteiger charge is 2.19. The van der Waals surface area contributed by atoms with Crippen LogP contribution in [0.25, 0.3) is 11.4 Å². The fourth-order valence-electron chi connectivity index (χ4n) is 2.32. The molecule has 1 aromatic heterocycles. The highest BCUT2D eigenvalue weighted by molar-refractivity contribution is 5.69. The van der Waals surface area contributed by atoms with E-state index in [0.717, 1.165) is 0 Å². The Balaban J connectivity index is 1.53. The molecule has 0 radical (unpaired) electrons. The van der Waals surface area contributed by atoms with Gasteiger partial charge in [0.2, 0.25) is 5.82 Å². The first-order chi connectivity index (χ1) is 13.0. The second-order valence-corrected chi connectivity index (χ2v) is 5.96. The largest absolute Gasteiger partial charge is 0.493 e. The number of aromatic nitrogens is 2. The monoisotopic (exact) mass is 370 g/mol. The van der Waals surface area contributed by atoms with E-state index < -0.39 is 12.1 Å². The molecule has 1 atom stereocenters. The number of para-hydroxylation sites is 1. The number of nitrogens with zero attached hydrogens (tertiary/aromatic N) is 2. The molecule has 0 saturated heterocycles. The lowest BCUT2D eigenvalue weighted by molar-refractivity contribution is -0.150. The van der Waals surface area contributed by atoms with E-state index in [1.165, 1.54) is 6.07 Å². The van der Waals surface area contributed by atoms with Crippen LogP contribution in [0.3, 0.4) is 0 Å². The van der Waals surface area contributed by atoms with Crippen molar-refractivity contribution in [2.24, 2.45) is 0 Å². The molecule has 0 N–H and O–H groups in total. The molecule has 27 heavy (non-hydrogen) atoms. The summed E-state index contributed by atoms with van der Waals surface area (Å²) in [5, 5.41) is 3.82. The fourth-order valence-corrected chi connectivity index (χ4v) is 2.32. The lowest BCUT2D eigenvalue weighted by Crippen LogP contribution is -2.12. The van der Waals surface area contributed by atoms with Crippen LogP contribution in [-0.2, 0) is 9.53 Å². The Morgan fingerprint density at radius 2 is 2.00 bits per heavy atom. The normalized spacial score (nSPS) is 11.8. The van der Waals surface area contributed by atoms with Gasteiger partial charge in [-0.25, -0.2) is 4.39 Å². The minimum Gasteiger partial charge on any atom is -0.493 e. The smallest absolute Gasteiger partial charge is 0.310 e. The van der Waals surface area contributed by atoms with E-state index in [4.69, 9.17) is 14.0 Å². The van der Waals surface area contributed by atoms with Gasteiger partial charge in [-0.2, -0.15) is 4.98 Å². The topological polar surface area (TPSA) is 74.5 Å². The van der Waals surface area contributed by atoms with Crippen LogP contribution in [0.15, 0.2) is 53.1 Å². The molecule has 7 heteroatoms. The standard InChI is InChI=1S/C20H19FN2O4/c1-13-8-9-15(12-17(13)21)19-22-20(27-23-19)14(2)26-18(24)10-11-25-16-6-4-3-5-7-16/h3-9,12,14H,10-11H2,1-2H3. The van der Waals surface area contributed by atoms with Crippen LogP contribution < -0.4 is 4.74 Å². The van der Waals surface area contributed by atoms with Crippen LogP contribution >= 0.6 is 0 Å². The summed E-state index contributed by atoms with van der Waals surface area (Å²) < 4.78 is 29.5. The summed E-state index contributed by atoms with van der Waals surface area (Å²) in [7, 11) is 0. The Labute approximate surface area is 155 Å². The summed E-state index contributed by atoms with van der Waals surface area (Å²) in [6.45, 7) is 3.50. The van der Waals surface area contributed by atoms with Gasteiger partial charge in [-0.15, -0.1) is 0 Å². The van der Waals surface area contributed by atoms with E-state index in [2.05, 4.69) is 10.1 Å². The van der Waals surface area contributed by atoms with Crippen LogP contribution in [0.4, 0.5) is 4.39 Å². The Morgan fingerprint density at radius 3 is 2.74 bits per heavy atom. The van der Waals surface area contributed by atoms with Gasteiger partial charge in [-0.1, -0.05) is 35.5 Å². The molecule has 2 aromatic carbocycles. The highest BCUT2D eigenvalue weighted by atomic mass is 19.1. The fraction of sp³-hybridized carbons (Fsp3) is 0.250. The Morgan fingerprint density at radius 1 is 1.22 bits per heavy atom. The zero-order chi connectivity index (χ0) is 19.2. The maximum absolute atomic E-state index is 13.7. The number of aryl methyl sites for hydroxylation is 1. The van der Waals surface area contributed by atoms with Gasteiger partial charge in [0.05, 0.1) is 13.0 Å². The molecule has 0 aliphatic rings. The molecule has 0 spiro atoms. The van der Waals surface area contributed by atoms with Crippen molar-refractivity contribution in [2.45, 2.75) is 26.4 Å². The first kappa shape index (κ1) is 18.6. The average molecular weight is 370 g/mol. The number of esters is 1. The molecule has 3 rings (SSSR count). The average Bonchev–Trinajstić information content (AvgIpc) is 3.15. The van der Waals surface area contributed by atoms with E-state index in [9.17, 15) is 9.18 Å². The maximum Gasteiger partial charge on any atom is 0.310 e. The SMILES string of the molecule is Cc1ccc(-c2noc(C(C)OC(=O)CCOc3ccccc3)n2)cc1F. The Bertz CT molecular complexity index is 911. The molecule has 0 saturated carbocycles. The summed E-state index contributed by atoms with van der Waals surface area (Å²) >= 11 is 0. The van der Waals surface area contributed by atoms with E-state index in [-0.39, 0.29) is 30.6 Å². The number of benzene rings is 2. The summed E-state index contributed by atoms with van der Waals surface area (Å²) in [5.74, 6) is 0.268. The zero-order valence-corrected chi connectivity index (χ0v) is 15.0. The van der Waals surface area contributed by atoms with Crippen LogP contribution in [0, 0.1) is 12.7 Å². The van der Waals surface area contributed by atoms with Crippen LogP contribution in [-0.4, -0.2) is 22.7 Å². The number of rotatable bonds is 7. The van der Waals surface area contributed by atoms with E-state index in [0.29, 0.717) is 16.9 Å². The summed E-state index contributed by atoms with van der Waals surface area (Å²) in [5.41, 5.74) is 1.02. The molecule has 0 aliphatic heterocycles. The number of carbonyl (C=O) groups excluding carboxylic acids is 1. The third-order valence-electron chi connectivity index (χ3n) is 3.85. The summed E-state index contributed by atoms with van der Waals surface area (Å²) in [6, 6.07) is 13.9. The van der Waals surface area contributed by atoms with Gasteiger partial charge in [0, 0.05) is 5.56 Å². The molecule has 6 nitrogen and oxygen atoms in total. The first-order valence-corrected chi connectivity index (χ1v) is 8.50. The van der Waals surface area contributed by atoms with Crippen molar-refractivity contribution in [2.75, 3.05) is 6.61 Å². The molecule has 140 valence electrons. The molecule has 1 unspecified atom stereocenters. The van der Waals surface area contributed by atoms with Crippen molar-refractivity contribution in [3.8, 4) is 17.1 Å². The predicted octanol–water partition coefficient (Wildman–Crippen LogP) is 4.26. The van der Waals surface area contributed by atoms with Gasteiger partial charge < -0.3 is 14.0 Å². The third-order valence-corrected chi connectivity index (χ3v) is 3.85. The third kappa shape index (κ3) is 4.91. The van der Waals surface area contributed by atoms with Crippen molar-refractivity contribution in [3.63, 3.8) is 0 Å². The molecule has 0 aliphatic carbocycles. The molecule has 0 amide bonds. The number of carbonyl (C=O) groups is 1. The van der Waals surface area contributed by atoms with Crippen molar-refractivity contribution < 1.29 is 23.2 Å². The summed E-state index contributed by atoms with van der Waals surface area (Å²) in [6.07, 6.45) is -0.630. The second-order valence-electron chi connectivity index (χ2n) is 5.96. The predicted molar refractivity (Wildman–Crippen MR) is 95.5 cm³/mol. The Hall–Kier alpha value is -3.22. The van der Waals surface area contributed by atoms with Gasteiger partial charge in [0.15, 0.2) is 6.10 Å². The number of ether oxygens (including phenoxy) is 2. The van der Waals surface area contributed by atoms with E-state index in [1.807, 2.05) is 30.3 Å². The molecule has 3 aromatic rings. The lowest BCUT2D eigenvalue weighted by Gasteiger charge is -2.09. The minimum atomic E-state index is -0.717. The van der Waals surface area contributed by atoms with Crippen molar-refractivity contribution >= 4 is 5.97 Å². The van der Waals surface area contributed by atoms with Crippen LogP contribution in [0.2, 0.25) is 0 Å². The van der Waals surface area contributed by atoms with Crippen molar-refractivity contribution in [1.29, 1.82) is 0 Å². The maximum atomic E-state index is 13.7. The Kier molecular flexibility index (Phi) is 5.80. The quantitative estimate of drug-likeness (QED) is 0.579. The molecule has 0 bridgehead atoms.